The summed E-state index contributed by atoms with van der Waals surface area (Å²) in [5, 5.41) is 2.77. The summed E-state index contributed by atoms with van der Waals surface area (Å²) in [7, 11) is 1.60. The maximum atomic E-state index is 14.5. The van der Waals surface area contributed by atoms with E-state index >= 15 is 0 Å². The second-order valence-electron chi connectivity index (χ2n) is 7.11. The lowest BCUT2D eigenvalue weighted by molar-refractivity contribution is -0.117. The molecular formula is C23H22FN3O2. The Morgan fingerprint density at radius 2 is 2.14 bits per heavy atom. The van der Waals surface area contributed by atoms with Crippen LogP contribution in [0.3, 0.4) is 0 Å². The quantitative estimate of drug-likeness (QED) is 0.670. The first kappa shape index (κ1) is 18.9. The summed E-state index contributed by atoms with van der Waals surface area (Å²) in [5.74, 6) is 0.346. The van der Waals surface area contributed by atoms with E-state index in [1.807, 2.05) is 54.1 Å². The first-order valence-electron chi connectivity index (χ1n) is 9.44. The highest BCUT2D eigenvalue weighted by molar-refractivity contribution is 5.92. The van der Waals surface area contributed by atoms with Crippen molar-refractivity contribution in [2.45, 2.75) is 25.6 Å². The SMILES string of the molecule is COc1cc(C=CC(=O)NC2Cc3ccccc3[C@@H]2F)ccc1-n1cnc(C)c1. The van der Waals surface area contributed by atoms with Gasteiger partial charge in [-0.05, 0) is 48.2 Å². The lowest BCUT2D eigenvalue weighted by atomic mass is 10.1. The van der Waals surface area contributed by atoms with Gasteiger partial charge in [-0.1, -0.05) is 30.3 Å². The fourth-order valence-electron chi connectivity index (χ4n) is 3.64. The van der Waals surface area contributed by atoms with Crippen LogP contribution in [0, 0.1) is 6.92 Å². The predicted octanol–water partition coefficient (Wildman–Crippen LogP) is 3.95. The number of aryl methyl sites for hydroxylation is 1. The van der Waals surface area contributed by atoms with Crippen LogP contribution in [-0.2, 0) is 11.2 Å². The maximum absolute atomic E-state index is 14.5. The van der Waals surface area contributed by atoms with Gasteiger partial charge in [-0.25, -0.2) is 9.37 Å². The molecule has 2 atom stereocenters. The van der Waals surface area contributed by atoms with Gasteiger partial charge < -0.3 is 14.6 Å². The minimum absolute atomic E-state index is 0.321. The van der Waals surface area contributed by atoms with Gasteiger partial charge in [0, 0.05) is 12.3 Å². The Hall–Kier alpha value is -3.41. The molecule has 1 aliphatic carbocycles. The van der Waals surface area contributed by atoms with Crippen LogP contribution in [0.15, 0.2) is 61.1 Å². The molecule has 1 aromatic heterocycles. The highest BCUT2D eigenvalue weighted by Crippen LogP contribution is 2.34. The molecule has 2 aromatic carbocycles. The zero-order valence-electron chi connectivity index (χ0n) is 16.3. The molecule has 0 fully saturated rings. The van der Waals surface area contributed by atoms with Crippen molar-refractivity contribution in [3.05, 3.63) is 83.4 Å². The van der Waals surface area contributed by atoms with Gasteiger partial charge in [-0.15, -0.1) is 0 Å². The molecular weight excluding hydrogens is 369 g/mol. The number of alkyl halides is 1. The molecule has 29 heavy (non-hydrogen) atoms. The van der Waals surface area contributed by atoms with E-state index in [1.54, 1.807) is 25.6 Å². The van der Waals surface area contributed by atoms with Gasteiger partial charge in [0.25, 0.3) is 0 Å². The third-order valence-corrected chi connectivity index (χ3v) is 5.09. The van der Waals surface area contributed by atoms with E-state index in [2.05, 4.69) is 10.3 Å². The maximum Gasteiger partial charge on any atom is 0.244 e. The van der Waals surface area contributed by atoms with Crippen LogP contribution in [0.1, 0.15) is 28.6 Å². The van der Waals surface area contributed by atoms with E-state index < -0.39 is 12.2 Å². The topological polar surface area (TPSA) is 56.1 Å². The van der Waals surface area contributed by atoms with Crippen molar-refractivity contribution in [3.8, 4) is 11.4 Å². The monoisotopic (exact) mass is 391 g/mol. The van der Waals surface area contributed by atoms with Gasteiger partial charge in [0.1, 0.15) is 11.9 Å². The largest absolute Gasteiger partial charge is 0.495 e. The van der Waals surface area contributed by atoms with Crippen LogP contribution >= 0.6 is 0 Å². The molecule has 6 heteroatoms. The molecule has 0 bridgehead atoms. The number of hydrogen-bond acceptors (Lipinski definition) is 3. The van der Waals surface area contributed by atoms with Gasteiger partial charge in [0.05, 0.1) is 30.9 Å². The predicted molar refractivity (Wildman–Crippen MR) is 110 cm³/mol. The smallest absolute Gasteiger partial charge is 0.244 e. The van der Waals surface area contributed by atoms with Crippen molar-refractivity contribution in [2.24, 2.45) is 0 Å². The number of nitrogens with zero attached hydrogens (tertiary/aromatic N) is 2. The van der Waals surface area contributed by atoms with E-state index in [4.69, 9.17) is 4.74 Å². The van der Waals surface area contributed by atoms with Gasteiger partial charge in [0.15, 0.2) is 0 Å². The molecule has 148 valence electrons. The molecule has 0 aliphatic heterocycles. The Kier molecular flexibility index (Phi) is 5.16. The number of carbonyl (C=O) groups excluding carboxylic acids is 1. The van der Waals surface area contributed by atoms with E-state index in [1.165, 1.54) is 6.08 Å². The average molecular weight is 391 g/mol. The zero-order chi connectivity index (χ0) is 20.4. The highest BCUT2D eigenvalue weighted by atomic mass is 19.1. The van der Waals surface area contributed by atoms with Crippen molar-refractivity contribution in [1.29, 1.82) is 0 Å². The third-order valence-electron chi connectivity index (χ3n) is 5.09. The van der Waals surface area contributed by atoms with Crippen LogP contribution < -0.4 is 10.1 Å². The van der Waals surface area contributed by atoms with Crippen molar-refractivity contribution >= 4 is 12.0 Å². The lowest BCUT2D eigenvalue weighted by Gasteiger charge is -2.14. The number of hydrogen-bond donors (Lipinski definition) is 1. The second-order valence-corrected chi connectivity index (χ2v) is 7.11. The minimum atomic E-state index is -1.18. The van der Waals surface area contributed by atoms with E-state index in [-0.39, 0.29) is 5.91 Å². The van der Waals surface area contributed by atoms with E-state index in [9.17, 15) is 9.18 Å². The lowest BCUT2D eigenvalue weighted by Crippen LogP contribution is -2.35. The fraction of sp³-hybridized carbons (Fsp3) is 0.217. The van der Waals surface area contributed by atoms with Gasteiger partial charge in [-0.2, -0.15) is 0 Å². The summed E-state index contributed by atoms with van der Waals surface area (Å²) in [5.41, 5.74) is 4.19. The number of benzene rings is 2. The number of aromatic nitrogens is 2. The molecule has 1 aliphatic rings. The summed E-state index contributed by atoms with van der Waals surface area (Å²) >= 11 is 0. The summed E-state index contributed by atoms with van der Waals surface area (Å²) < 4.78 is 21.9. The number of ether oxygens (including phenoxy) is 1. The number of fused-ring (bicyclic) bond motifs is 1. The van der Waals surface area contributed by atoms with Crippen molar-refractivity contribution < 1.29 is 13.9 Å². The number of carbonyl (C=O) groups is 1. The zero-order valence-corrected chi connectivity index (χ0v) is 16.3. The molecule has 1 unspecified atom stereocenters. The third kappa shape index (κ3) is 3.92. The molecule has 1 N–H and O–H groups in total. The van der Waals surface area contributed by atoms with Crippen LogP contribution in [0.25, 0.3) is 11.8 Å². The molecule has 1 amide bonds. The molecule has 0 saturated carbocycles. The van der Waals surface area contributed by atoms with E-state index in [0.29, 0.717) is 17.7 Å². The Morgan fingerprint density at radius 1 is 1.31 bits per heavy atom. The summed E-state index contributed by atoms with van der Waals surface area (Å²) in [6, 6.07) is 12.5. The Balaban J connectivity index is 1.44. The van der Waals surface area contributed by atoms with E-state index in [0.717, 1.165) is 22.5 Å². The molecule has 3 aromatic rings. The van der Waals surface area contributed by atoms with Gasteiger partial charge in [0.2, 0.25) is 5.91 Å². The molecule has 0 saturated heterocycles. The fourth-order valence-corrected chi connectivity index (χ4v) is 3.64. The second kappa shape index (κ2) is 7.91. The van der Waals surface area contributed by atoms with Crippen LogP contribution in [-0.4, -0.2) is 28.6 Å². The minimum Gasteiger partial charge on any atom is -0.495 e. The number of imidazole rings is 1. The van der Waals surface area contributed by atoms with Crippen molar-refractivity contribution in [2.75, 3.05) is 7.11 Å². The molecule has 4 rings (SSSR count). The number of halogens is 1. The Labute approximate surface area is 168 Å². The van der Waals surface area contributed by atoms with Crippen molar-refractivity contribution in [1.82, 2.24) is 14.9 Å². The molecule has 0 spiro atoms. The first-order valence-corrected chi connectivity index (χ1v) is 9.44. The average Bonchev–Trinajstić information content (AvgIpc) is 3.30. The summed E-state index contributed by atoms with van der Waals surface area (Å²) in [6.45, 7) is 1.92. The normalized spacial score (nSPS) is 18.0. The number of rotatable bonds is 5. The van der Waals surface area contributed by atoms with Gasteiger partial charge >= 0.3 is 0 Å². The molecule has 0 radical (unpaired) electrons. The Bertz CT molecular complexity index is 1070. The number of amides is 1. The summed E-state index contributed by atoms with van der Waals surface area (Å²) in [4.78, 5) is 16.5. The first-order chi connectivity index (χ1) is 14.0. The van der Waals surface area contributed by atoms with Gasteiger partial charge in [-0.3, -0.25) is 4.79 Å². The summed E-state index contributed by atoms with van der Waals surface area (Å²) in [6.07, 6.45) is 6.07. The standard InChI is InChI=1S/C23H22FN3O2/c1-15-13-27(14-25-15)20-9-7-16(11-21(20)29-2)8-10-22(28)26-19-12-17-5-3-4-6-18(17)23(19)24/h3-11,13-14,19,23H,12H2,1-2H3,(H,26,28)/t19?,23-/m0/s1. The van der Waals surface area contributed by atoms with Crippen LogP contribution in [0.5, 0.6) is 5.75 Å². The number of nitrogens with one attached hydrogen (secondary N) is 1. The molecule has 5 nitrogen and oxygen atoms in total. The van der Waals surface area contributed by atoms with Crippen LogP contribution in [0.2, 0.25) is 0 Å². The Morgan fingerprint density at radius 3 is 2.86 bits per heavy atom. The van der Waals surface area contributed by atoms with Crippen molar-refractivity contribution in [3.63, 3.8) is 0 Å². The number of methoxy groups -OCH3 is 1. The van der Waals surface area contributed by atoms with Crippen LogP contribution in [0.4, 0.5) is 4.39 Å². The highest BCUT2D eigenvalue weighted by Gasteiger charge is 2.32. The molecule has 1 heterocycles.